The Morgan fingerprint density at radius 3 is 3.07 bits per heavy atom. The summed E-state index contributed by atoms with van der Waals surface area (Å²) in [6, 6.07) is 0.522. The zero-order chi connectivity index (χ0) is 10.8. The third kappa shape index (κ3) is 2.48. The van der Waals surface area contributed by atoms with Crippen LogP contribution in [0.15, 0.2) is 6.20 Å². The van der Waals surface area contributed by atoms with Crippen molar-refractivity contribution in [1.29, 1.82) is 0 Å². The topological polar surface area (TPSA) is 51.4 Å². The van der Waals surface area contributed by atoms with Gasteiger partial charge in [0, 0.05) is 30.3 Å². The molecule has 2 rings (SSSR count). The standard InChI is InChI=1S/C10H17N3OS/c1-7-9(3-4-14-7)13(2)6-8-5-12-10(11)15-8/h5,7,9H,3-4,6H2,1-2H3,(H2,11,12). The van der Waals surface area contributed by atoms with Crippen LogP contribution in [0.1, 0.15) is 18.2 Å². The monoisotopic (exact) mass is 227 g/mol. The number of hydrogen-bond donors (Lipinski definition) is 1. The number of thiazole rings is 1. The first-order chi connectivity index (χ1) is 7.16. The Hall–Kier alpha value is -0.650. The third-order valence-electron chi connectivity index (χ3n) is 2.88. The Labute approximate surface area is 94.1 Å². The minimum Gasteiger partial charge on any atom is -0.377 e. The minimum absolute atomic E-state index is 0.334. The van der Waals surface area contributed by atoms with Crippen LogP contribution in [-0.2, 0) is 11.3 Å². The van der Waals surface area contributed by atoms with Crippen molar-refractivity contribution in [2.24, 2.45) is 0 Å². The van der Waals surface area contributed by atoms with Gasteiger partial charge in [-0.25, -0.2) is 4.98 Å². The van der Waals surface area contributed by atoms with Gasteiger partial charge in [-0.2, -0.15) is 0 Å². The van der Waals surface area contributed by atoms with Crippen LogP contribution in [0.2, 0.25) is 0 Å². The molecule has 2 atom stereocenters. The first kappa shape index (κ1) is 10.9. The molecule has 5 heteroatoms. The molecule has 0 aliphatic carbocycles. The molecule has 15 heavy (non-hydrogen) atoms. The van der Waals surface area contributed by atoms with Gasteiger partial charge in [-0.1, -0.05) is 0 Å². The van der Waals surface area contributed by atoms with E-state index in [4.69, 9.17) is 10.5 Å². The van der Waals surface area contributed by atoms with E-state index in [2.05, 4.69) is 23.9 Å². The fourth-order valence-electron chi connectivity index (χ4n) is 2.06. The Balaban J connectivity index is 1.94. The highest BCUT2D eigenvalue weighted by molar-refractivity contribution is 7.15. The number of nitrogen functional groups attached to an aromatic ring is 1. The molecule has 2 unspecified atom stereocenters. The second-order valence-corrected chi connectivity index (χ2v) is 5.16. The van der Waals surface area contributed by atoms with E-state index in [1.54, 1.807) is 11.3 Å². The van der Waals surface area contributed by atoms with Crippen molar-refractivity contribution in [3.63, 3.8) is 0 Å². The normalized spacial score (nSPS) is 26.3. The molecule has 0 spiro atoms. The number of ether oxygens (including phenoxy) is 1. The lowest BCUT2D eigenvalue weighted by Crippen LogP contribution is -2.35. The van der Waals surface area contributed by atoms with E-state index < -0.39 is 0 Å². The van der Waals surface area contributed by atoms with Crippen LogP contribution in [0.5, 0.6) is 0 Å². The summed E-state index contributed by atoms with van der Waals surface area (Å²) in [6.45, 7) is 3.92. The number of nitrogens with two attached hydrogens (primary N) is 1. The fourth-order valence-corrected chi connectivity index (χ4v) is 2.81. The average Bonchev–Trinajstić information content (AvgIpc) is 2.75. The summed E-state index contributed by atoms with van der Waals surface area (Å²) in [4.78, 5) is 7.59. The third-order valence-corrected chi connectivity index (χ3v) is 3.69. The van der Waals surface area contributed by atoms with E-state index in [1.807, 2.05) is 6.20 Å². The predicted octanol–water partition coefficient (Wildman–Crippen LogP) is 1.33. The van der Waals surface area contributed by atoms with Crippen LogP contribution in [0, 0.1) is 0 Å². The minimum atomic E-state index is 0.334. The largest absolute Gasteiger partial charge is 0.377 e. The number of likely N-dealkylation sites (N-methyl/N-ethyl adjacent to an activating group) is 1. The second kappa shape index (κ2) is 4.47. The van der Waals surface area contributed by atoms with Crippen LogP contribution in [-0.4, -0.2) is 35.7 Å². The van der Waals surface area contributed by atoms with Gasteiger partial charge >= 0.3 is 0 Å². The maximum Gasteiger partial charge on any atom is 0.180 e. The summed E-state index contributed by atoms with van der Waals surface area (Å²) in [5, 5.41) is 0.647. The molecule has 0 bridgehead atoms. The molecule has 2 heterocycles. The summed E-state index contributed by atoms with van der Waals surface area (Å²) >= 11 is 1.56. The van der Waals surface area contributed by atoms with E-state index in [0.29, 0.717) is 17.3 Å². The molecule has 1 fully saturated rings. The van der Waals surface area contributed by atoms with Gasteiger partial charge < -0.3 is 10.5 Å². The Kier molecular flexibility index (Phi) is 3.23. The highest BCUT2D eigenvalue weighted by Crippen LogP contribution is 2.22. The number of nitrogens with zero attached hydrogens (tertiary/aromatic N) is 2. The zero-order valence-electron chi connectivity index (χ0n) is 9.14. The first-order valence-electron chi connectivity index (χ1n) is 5.19. The molecule has 0 saturated carbocycles. The highest BCUT2D eigenvalue weighted by atomic mass is 32.1. The number of anilines is 1. The average molecular weight is 227 g/mol. The van der Waals surface area contributed by atoms with Crippen molar-refractivity contribution < 1.29 is 4.74 Å². The SMILES string of the molecule is CC1OCCC1N(C)Cc1cnc(N)s1. The molecule has 0 radical (unpaired) electrons. The van der Waals surface area contributed by atoms with Crippen molar-refractivity contribution in [1.82, 2.24) is 9.88 Å². The van der Waals surface area contributed by atoms with E-state index in [9.17, 15) is 0 Å². The molecule has 84 valence electrons. The first-order valence-corrected chi connectivity index (χ1v) is 6.00. The second-order valence-electron chi connectivity index (χ2n) is 4.01. The predicted molar refractivity (Wildman–Crippen MR) is 61.8 cm³/mol. The number of aromatic nitrogens is 1. The molecule has 1 aliphatic heterocycles. The quantitative estimate of drug-likeness (QED) is 0.846. The Bertz CT molecular complexity index is 328. The van der Waals surface area contributed by atoms with Crippen LogP contribution in [0.25, 0.3) is 0 Å². The Morgan fingerprint density at radius 1 is 1.73 bits per heavy atom. The molecule has 1 aromatic rings. The van der Waals surface area contributed by atoms with Crippen molar-refractivity contribution in [2.45, 2.75) is 32.0 Å². The van der Waals surface area contributed by atoms with Gasteiger partial charge in [0.2, 0.25) is 0 Å². The summed E-state index contributed by atoms with van der Waals surface area (Å²) in [7, 11) is 2.13. The van der Waals surface area contributed by atoms with Crippen molar-refractivity contribution >= 4 is 16.5 Å². The maximum atomic E-state index is 5.60. The highest BCUT2D eigenvalue weighted by Gasteiger charge is 2.27. The lowest BCUT2D eigenvalue weighted by molar-refractivity contribution is 0.0817. The molecule has 4 nitrogen and oxygen atoms in total. The van der Waals surface area contributed by atoms with Gasteiger partial charge in [0.15, 0.2) is 5.13 Å². The van der Waals surface area contributed by atoms with Crippen molar-refractivity contribution in [3.05, 3.63) is 11.1 Å². The van der Waals surface area contributed by atoms with Crippen LogP contribution >= 0.6 is 11.3 Å². The van der Waals surface area contributed by atoms with Gasteiger partial charge in [0.25, 0.3) is 0 Å². The number of hydrogen-bond acceptors (Lipinski definition) is 5. The summed E-state index contributed by atoms with van der Waals surface area (Å²) in [5.74, 6) is 0. The van der Waals surface area contributed by atoms with Crippen LogP contribution < -0.4 is 5.73 Å². The molecule has 0 aromatic carbocycles. The van der Waals surface area contributed by atoms with E-state index >= 15 is 0 Å². The number of rotatable bonds is 3. The lowest BCUT2D eigenvalue weighted by atomic mass is 10.1. The van der Waals surface area contributed by atoms with E-state index in [0.717, 1.165) is 19.6 Å². The molecule has 2 N–H and O–H groups in total. The van der Waals surface area contributed by atoms with Crippen molar-refractivity contribution in [2.75, 3.05) is 19.4 Å². The molecule has 1 aliphatic rings. The van der Waals surface area contributed by atoms with Gasteiger partial charge in [0.1, 0.15) is 0 Å². The van der Waals surface area contributed by atoms with Gasteiger partial charge in [-0.05, 0) is 20.4 Å². The zero-order valence-corrected chi connectivity index (χ0v) is 9.96. The summed E-state index contributed by atoms with van der Waals surface area (Å²) in [5.41, 5.74) is 5.60. The molecular weight excluding hydrogens is 210 g/mol. The van der Waals surface area contributed by atoms with Crippen molar-refractivity contribution in [3.8, 4) is 0 Å². The Morgan fingerprint density at radius 2 is 2.53 bits per heavy atom. The van der Waals surface area contributed by atoms with Gasteiger partial charge in [-0.3, -0.25) is 4.90 Å². The molecular formula is C10H17N3OS. The fraction of sp³-hybridized carbons (Fsp3) is 0.700. The molecule has 0 amide bonds. The summed E-state index contributed by atoms with van der Waals surface area (Å²) in [6.07, 6.45) is 3.31. The van der Waals surface area contributed by atoms with Crippen LogP contribution in [0.3, 0.4) is 0 Å². The maximum absolute atomic E-state index is 5.60. The molecule has 1 saturated heterocycles. The van der Waals surface area contributed by atoms with Gasteiger partial charge in [-0.15, -0.1) is 11.3 Å². The van der Waals surface area contributed by atoms with E-state index in [1.165, 1.54) is 4.88 Å². The smallest absolute Gasteiger partial charge is 0.180 e. The lowest BCUT2D eigenvalue weighted by Gasteiger charge is -2.25. The van der Waals surface area contributed by atoms with E-state index in [-0.39, 0.29) is 0 Å². The molecule has 1 aromatic heterocycles. The van der Waals surface area contributed by atoms with Gasteiger partial charge in [0.05, 0.1) is 6.10 Å². The van der Waals surface area contributed by atoms with Crippen LogP contribution in [0.4, 0.5) is 5.13 Å². The summed E-state index contributed by atoms with van der Waals surface area (Å²) < 4.78 is 5.55.